The van der Waals surface area contributed by atoms with Crippen molar-refractivity contribution in [3.05, 3.63) is 71.3 Å². The van der Waals surface area contributed by atoms with Crippen molar-refractivity contribution in [3.63, 3.8) is 0 Å². The molecule has 1 aromatic carbocycles. The first-order valence-corrected chi connectivity index (χ1v) is 10.0. The highest BCUT2D eigenvalue weighted by atomic mass is 16.2. The summed E-state index contributed by atoms with van der Waals surface area (Å²) in [5, 5.41) is 16.5. The number of pyridine rings is 1. The molecular weight excluding hydrogens is 362 g/mol. The second-order valence-electron chi connectivity index (χ2n) is 7.82. The highest BCUT2D eigenvalue weighted by Crippen LogP contribution is 2.35. The van der Waals surface area contributed by atoms with Crippen molar-refractivity contribution >= 4 is 5.91 Å². The number of nitrogens with zero attached hydrogens (tertiary/aromatic N) is 4. The SMILES string of the molecule is N#Cc1cnccc1-c1ccc(C(=O)N(C2CC2)C2CCc3[nH]ncc3C2)cc1. The van der Waals surface area contributed by atoms with Gasteiger partial charge in [-0.2, -0.15) is 10.4 Å². The third-order valence-corrected chi connectivity index (χ3v) is 5.94. The van der Waals surface area contributed by atoms with Gasteiger partial charge in [-0.05, 0) is 61.4 Å². The third kappa shape index (κ3) is 3.29. The fourth-order valence-corrected chi connectivity index (χ4v) is 4.29. The molecule has 2 aliphatic rings. The fraction of sp³-hybridized carbons (Fsp3) is 0.304. The molecule has 1 atom stereocenters. The van der Waals surface area contributed by atoms with Gasteiger partial charge in [-0.3, -0.25) is 14.9 Å². The van der Waals surface area contributed by atoms with Crippen molar-refractivity contribution in [2.45, 2.75) is 44.2 Å². The van der Waals surface area contributed by atoms with Crippen LogP contribution in [0, 0.1) is 11.3 Å². The van der Waals surface area contributed by atoms with Crippen LogP contribution < -0.4 is 0 Å². The minimum Gasteiger partial charge on any atom is -0.332 e. The summed E-state index contributed by atoms with van der Waals surface area (Å²) in [5.41, 5.74) is 5.42. The number of carbonyl (C=O) groups is 1. The number of hydrogen-bond acceptors (Lipinski definition) is 4. The third-order valence-electron chi connectivity index (χ3n) is 5.94. The summed E-state index contributed by atoms with van der Waals surface area (Å²) in [6.07, 6.45) is 10.1. The number of nitrogens with one attached hydrogen (secondary N) is 1. The van der Waals surface area contributed by atoms with E-state index in [9.17, 15) is 10.1 Å². The lowest BCUT2D eigenvalue weighted by Crippen LogP contribution is -2.44. The van der Waals surface area contributed by atoms with Crippen LogP contribution in [0.3, 0.4) is 0 Å². The van der Waals surface area contributed by atoms with Crippen LogP contribution in [-0.4, -0.2) is 38.1 Å². The van der Waals surface area contributed by atoms with Crippen molar-refractivity contribution < 1.29 is 4.79 Å². The van der Waals surface area contributed by atoms with Crippen LogP contribution >= 0.6 is 0 Å². The normalized spacial score (nSPS) is 18.0. The molecule has 1 N–H and O–H groups in total. The Hall–Kier alpha value is -3.46. The van der Waals surface area contributed by atoms with Crippen LogP contribution in [0.25, 0.3) is 11.1 Å². The van der Waals surface area contributed by atoms with Crippen molar-refractivity contribution in [1.29, 1.82) is 5.26 Å². The van der Waals surface area contributed by atoms with Gasteiger partial charge >= 0.3 is 0 Å². The first-order chi connectivity index (χ1) is 14.2. The lowest BCUT2D eigenvalue weighted by molar-refractivity contribution is 0.0643. The standard InChI is InChI=1S/C23H21N5O/c24-12-18-13-25-10-9-21(18)15-1-3-16(4-2-15)23(29)28(19-5-6-19)20-7-8-22-17(11-20)14-26-27-22/h1-4,9-10,13-14,19-20H,5-8,11H2,(H,26,27). The summed E-state index contributed by atoms with van der Waals surface area (Å²) in [6.45, 7) is 0. The molecule has 0 aliphatic heterocycles. The maximum atomic E-state index is 13.4. The summed E-state index contributed by atoms with van der Waals surface area (Å²) >= 11 is 0. The predicted molar refractivity (Wildman–Crippen MR) is 108 cm³/mol. The van der Waals surface area contributed by atoms with E-state index in [4.69, 9.17) is 0 Å². The number of nitriles is 1. The largest absolute Gasteiger partial charge is 0.332 e. The van der Waals surface area contributed by atoms with Crippen molar-refractivity contribution in [2.24, 2.45) is 0 Å². The molecule has 1 fully saturated rings. The summed E-state index contributed by atoms with van der Waals surface area (Å²) in [4.78, 5) is 19.5. The Kier molecular flexibility index (Phi) is 4.36. The molecule has 6 nitrogen and oxygen atoms in total. The Balaban J connectivity index is 1.40. The van der Waals surface area contributed by atoms with E-state index in [2.05, 4.69) is 26.2 Å². The van der Waals surface area contributed by atoms with E-state index in [1.165, 1.54) is 11.3 Å². The zero-order valence-corrected chi connectivity index (χ0v) is 16.0. The van der Waals surface area contributed by atoms with Gasteiger partial charge in [-0.1, -0.05) is 12.1 Å². The van der Waals surface area contributed by atoms with Gasteiger partial charge in [0, 0.05) is 41.3 Å². The van der Waals surface area contributed by atoms with E-state index in [0.29, 0.717) is 17.2 Å². The van der Waals surface area contributed by atoms with Gasteiger partial charge in [-0.15, -0.1) is 0 Å². The Bertz CT molecular complexity index is 1090. The molecule has 144 valence electrons. The number of hydrogen-bond donors (Lipinski definition) is 1. The number of amides is 1. The number of carbonyl (C=O) groups excluding carboxylic acids is 1. The molecule has 1 amide bonds. The van der Waals surface area contributed by atoms with E-state index in [1.807, 2.05) is 36.5 Å². The van der Waals surface area contributed by atoms with Gasteiger partial charge in [0.05, 0.1) is 11.8 Å². The monoisotopic (exact) mass is 383 g/mol. The second-order valence-corrected chi connectivity index (χ2v) is 7.82. The molecule has 1 unspecified atom stereocenters. The molecule has 0 spiro atoms. The molecule has 0 radical (unpaired) electrons. The minimum absolute atomic E-state index is 0.103. The predicted octanol–water partition coefficient (Wildman–Crippen LogP) is 3.51. The minimum atomic E-state index is 0.103. The molecule has 2 aliphatic carbocycles. The fourth-order valence-electron chi connectivity index (χ4n) is 4.29. The summed E-state index contributed by atoms with van der Waals surface area (Å²) in [6, 6.07) is 12.2. The molecule has 3 aromatic rings. The van der Waals surface area contributed by atoms with Crippen molar-refractivity contribution in [1.82, 2.24) is 20.1 Å². The topological polar surface area (TPSA) is 85.7 Å². The average Bonchev–Trinajstić information content (AvgIpc) is 3.49. The van der Waals surface area contributed by atoms with E-state index in [-0.39, 0.29) is 11.9 Å². The lowest BCUT2D eigenvalue weighted by atomic mass is 9.91. The molecule has 6 heteroatoms. The van der Waals surface area contributed by atoms with Crippen LogP contribution in [0.4, 0.5) is 0 Å². The molecule has 29 heavy (non-hydrogen) atoms. The highest BCUT2D eigenvalue weighted by molar-refractivity contribution is 5.95. The summed E-state index contributed by atoms with van der Waals surface area (Å²) in [5.74, 6) is 0.103. The van der Waals surface area contributed by atoms with E-state index >= 15 is 0 Å². The van der Waals surface area contributed by atoms with Crippen LogP contribution in [0.2, 0.25) is 0 Å². The van der Waals surface area contributed by atoms with Gasteiger partial charge in [0.15, 0.2) is 0 Å². The molecule has 0 saturated heterocycles. The molecule has 2 heterocycles. The van der Waals surface area contributed by atoms with Gasteiger partial charge < -0.3 is 4.90 Å². The van der Waals surface area contributed by atoms with Crippen LogP contribution in [0.5, 0.6) is 0 Å². The Morgan fingerprint density at radius 2 is 1.93 bits per heavy atom. The lowest BCUT2D eigenvalue weighted by Gasteiger charge is -2.34. The molecule has 0 bridgehead atoms. The Labute approximate surface area is 169 Å². The van der Waals surface area contributed by atoms with Crippen LogP contribution in [0.15, 0.2) is 48.9 Å². The summed E-state index contributed by atoms with van der Waals surface area (Å²) in [7, 11) is 0. The van der Waals surface area contributed by atoms with E-state index in [1.54, 1.807) is 12.4 Å². The van der Waals surface area contributed by atoms with Gasteiger partial charge in [0.1, 0.15) is 6.07 Å². The number of aromatic amines is 1. The second kappa shape index (κ2) is 7.17. The Morgan fingerprint density at radius 1 is 1.10 bits per heavy atom. The van der Waals surface area contributed by atoms with Crippen molar-refractivity contribution in [2.75, 3.05) is 0 Å². The zero-order valence-electron chi connectivity index (χ0n) is 16.0. The first-order valence-electron chi connectivity index (χ1n) is 10.0. The highest BCUT2D eigenvalue weighted by Gasteiger charge is 2.39. The van der Waals surface area contributed by atoms with Gasteiger partial charge in [0.2, 0.25) is 0 Å². The number of aryl methyl sites for hydroxylation is 1. The number of rotatable bonds is 4. The van der Waals surface area contributed by atoms with E-state index in [0.717, 1.165) is 43.2 Å². The molecule has 5 rings (SSSR count). The maximum absolute atomic E-state index is 13.4. The number of aromatic nitrogens is 3. The maximum Gasteiger partial charge on any atom is 0.254 e. The molecule has 1 saturated carbocycles. The van der Waals surface area contributed by atoms with Crippen molar-refractivity contribution in [3.8, 4) is 17.2 Å². The molecular formula is C23H21N5O. The average molecular weight is 383 g/mol. The number of benzene rings is 1. The summed E-state index contributed by atoms with van der Waals surface area (Å²) < 4.78 is 0. The first kappa shape index (κ1) is 17.6. The smallest absolute Gasteiger partial charge is 0.254 e. The van der Waals surface area contributed by atoms with E-state index < -0.39 is 0 Å². The molecule has 2 aromatic heterocycles. The van der Waals surface area contributed by atoms with Gasteiger partial charge in [0.25, 0.3) is 5.91 Å². The number of fused-ring (bicyclic) bond motifs is 1. The van der Waals surface area contributed by atoms with Crippen LogP contribution in [-0.2, 0) is 12.8 Å². The number of H-pyrrole nitrogens is 1. The zero-order chi connectivity index (χ0) is 19.8. The van der Waals surface area contributed by atoms with Gasteiger partial charge in [-0.25, -0.2) is 0 Å². The quantitative estimate of drug-likeness (QED) is 0.747. The van der Waals surface area contributed by atoms with Crippen LogP contribution in [0.1, 0.15) is 46.4 Å². The Morgan fingerprint density at radius 3 is 2.69 bits per heavy atom.